The van der Waals surface area contributed by atoms with Crippen molar-refractivity contribution in [1.29, 1.82) is 10.5 Å². The SMILES string of the molecule is C[Si](C)(C)OC(C#N)(C(F)(F)F)C(C#N)(O[Si](C)(C)C)C(F)(F)F. The lowest BCUT2D eigenvalue weighted by molar-refractivity contribution is -0.336. The summed E-state index contributed by atoms with van der Waals surface area (Å²) in [5.41, 5.74) is -8.98. The number of alkyl halides is 6. The molecule has 0 fully saturated rings. The minimum absolute atomic E-state index is 0.575. The molecule has 0 aromatic heterocycles. The zero-order chi connectivity index (χ0) is 19.8. The van der Waals surface area contributed by atoms with Crippen LogP contribution < -0.4 is 0 Å². The lowest BCUT2D eigenvalue weighted by atomic mass is 9.83. The Balaban J connectivity index is 6.98. The van der Waals surface area contributed by atoms with Gasteiger partial charge in [-0.1, -0.05) is 0 Å². The van der Waals surface area contributed by atoms with Gasteiger partial charge in [0, 0.05) is 0 Å². The van der Waals surface area contributed by atoms with Crippen LogP contribution >= 0.6 is 0 Å². The predicted octanol–water partition coefficient (Wildman–Crippen LogP) is 4.34. The molecule has 0 aliphatic rings. The molecule has 0 heterocycles. The van der Waals surface area contributed by atoms with E-state index in [0.29, 0.717) is 12.1 Å². The first-order valence-corrected chi connectivity index (χ1v) is 13.5. The van der Waals surface area contributed by atoms with Crippen LogP contribution in [-0.4, -0.2) is 40.2 Å². The fraction of sp³-hybridized carbons (Fsp3) is 0.833. The minimum atomic E-state index is -5.81. The largest absolute Gasteiger partial charge is 0.434 e. The molecule has 24 heavy (non-hydrogen) atoms. The molecule has 0 rings (SSSR count). The van der Waals surface area contributed by atoms with Crippen LogP contribution in [0, 0.1) is 22.7 Å². The van der Waals surface area contributed by atoms with Crippen molar-refractivity contribution in [3.05, 3.63) is 0 Å². The van der Waals surface area contributed by atoms with Crippen LogP contribution in [0.1, 0.15) is 0 Å². The Bertz CT molecular complexity index is 503. The van der Waals surface area contributed by atoms with Crippen molar-refractivity contribution >= 4 is 16.6 Å². The third-order valence-electron chi connectivity index (χ3n) is 2.53. The van der Waals surface area contributed by atoms with E-state index in [1.807, 2.05) is 0 Å². The third-order valence-corrected chi connectivity index (χ3v) is 4.36. The van der Waals surface area contributed by atoms with Gasteiger partial charge in [0.25, 0.3) is 11.2 Å². The van der Waals surface area contributed by atoms with Crippen LogP contribution in [0.5, 0.6) is 0 Å². The first-order valence-electron chi connectivity index (χ1n) is 6.65. The lowest BCUT2D eigenvalue weighted by Crippen LogP contribution is -2.74. The molecule has 0 N–H and O–H groups in total. The smallest absolute Gasteiger partial charge is 0.390 e. The van der Waals surface area contributed by atoms with Crippen molar-refractivity contribution in [2.45, 2.75) is 62.8 Å². The molecule has 2 atom stereocenters. The van der Waals surface area contributed by atoms with E-state index >= 15 is 0 Å². The fourth-order valence-electron chi connectivity index (χ4n) is 1.91. The maximum Gasteiger partial charge on any atom is 0.434 e. The highest BCUT2D eigenvalue weighted by molar-refractivity contribution is 6.70. The highest BCUT2D eigenvalue weighted by Crippen LogP contribution is 2.52. The topological polar surface area (TPSA) is 66.0 Å². The molecule has 2 unspecified atom stereocenters. The van der Waals surface area contributed by atoms with Crippen molar-refractivity contribution in [3.8, 4) is 12.1 Å². The van der Waals surface area contributed by atoms with E-state index in [4.69, 9.17) is 10.5 Å². The molecule has 0 saturated heterocycles. The summed E-state index contributed by atoms with van der Waals surface area (Å²) in [7, 11) is -6.72. The van der Waals surface area contributed by atoms with Crippen LogP contribution in [-0.2, 0) is 8.85 Å². The first kappa shape index (κ1) is 22.9. The molecule has 4 nitrogen and oxygen atoms in total. The van der Waals surface area contributed by atoms with Gasteiger partial charge in [0.15, 0.2) is 16.6 Å². The van der Waals surface area contributed by atoms with Gasteiger partial charge in [-0.15, -0.1) is 0 Å². The molecule has 0 bridgehead atoms. The van der Waals surface area contributed by atoms with E-state index in [9.17, 15) is 26.3 Å². The maximum atomic E-state index is 13.7. The number of nitriles is 2. The average molecular weight is 392 g/mol. The van der Waals surface area contributed by atoms with Gasteiger partial charge >= 0.3 is 12.4 Å². The van der Waals surface area contributed by atoms with Gasteiger partial charge in [-0.05, 0) is 39.3 Å². The van der Waals surface area contributed by atoms with Gasteiger partial charge in [-0.25, -0.2) is 0 Å². The van der Waals surface area contributed by atoms with Gasteiger partial charge in [-0.3, -0.25) is 0 Å². The molecule has 0 aliphatic heterocycles. The fourth-order valence-corrected chi connectivity index (χ4v) is 4.35. The molecule has 138 valence electrons. The van der Waals surface area contributed by atoms with Gasteiger partial charge in [0.2, 0.25) is 0 Å². The van der Waals surface area contributed by atoms with Crippen LogP contribution in [0.15, 0.2) is 0 Å². The van der Waals surface area contributed by atoms with Crippen LogP contribution in [0.3, 0.4) is 0 Å². The summed E-state index contributed by atoms with van der Waals surface area (Å²) in [5.74, 6) is 0. The summed E-state index contributed by atoms with van der Waals surface area (Å²) in [6, 6.07) is 1.15. The second-order valence-corrected chi connectivity index (χ2v) is 15.9. The minimum Gasteiger partial charge on any atom is -0.390 e. The summed E-state index contributed by atoms with van der Waals surface area (Å²) in [6.07, 6.45) is -11.6. The number of halogens is 6. The molecule has 0 radical (unpaired) electrons. The Morgan fingerprint density at radius 3 is 0.917 bits per heavy atom. The van der Waals surface area contributed by atoms with E-state index in [1.54, 1.807) is 0 Å². The standard InChI is InChI=1S/C12H18F6N2O2Si2/c1-23(2,3)21-9(7-19,11(13,14)15)10(8-20,12(16,17)18)22-24(4,5)6/h1-6H3. The maximum absolute atomic E-state index is 13.7. The molecule has 0 amide bonds. The molecular formula is C12H18F6N2O2Si2. The molecule has 0 aliphatic carbocycles. The van der Waals surface area contributed by atoms with E-state index in [-0.39, 0.29) is 0 Å². The summed E-state index contributed by atoms with van der Waals surface area (Å²) in [5, 5.41) is 18.2. The summed E-state index contributed by atoms with van der Waals surface area (Å²) in [6.45, 7) is 7.07. The highest BCUT2D eigenvalue weighted by Gasteiger charge is 2.82. The zero-order valence-corrected chi connectivity index (χ0v) is 16.0. The molecule has 0 aromatic rings. The summed E-state index contributed by atoms with van der Waals surface area (Å²) in [4.78, 5) is 0. The second kappa shape index (κ2) is 6.33. The summed E-state index contributed by atoms with van der Waals surface area (Å²) < 4.78 is 91.3. The number of hydrogen-bond acceptors (Lipinski definition) is 4. The molecular weight excluding hydrogens is 374 g/mol. The van der Waals surface area contributed by atoms with Crippen LogP contribution in [0.2, 0.25) is 39.3 Å². The van der Waals surface area contributed by atoms with E-state index < -0.39 is 40.2 Å². The van der Waals surface area contributed by atoms with Gasteiger partial charge < -0.3 is 8.85 Å². The van der Waals surface area contributed by atoms with Crippen molar-refractivity contribution < 1.29 is 35.2 Å². The van der Waals surface area contributed by atoms with Crippen molar-refractivity contribution in [2.24, 2.45) is 0 Å². The zero-order valence-electron chi connectivity index (χ0n) is 14.0. The lowest BCUT2D eigenvalue weighted by Gasteiger charge is -2.47. The highest BCUT2D eigenvalue weighted by atomic mass is 28.4. The number of hydrogen-bond donors (Lipinski definition) is 0. The Morgan fingerprint density at radius 1 is 0.625 bits per heavy atom. The molecule has 0 spiro atoms. The summed E-state index contributed by atoms with van der Waals surface area (Å²) >= 11 is 0. The monoisotopic (exact) mass is 392 g/mol. The average Bonchev–Trinajstić information content (AvgIpc) is 2.27. The Labute approximate surface area is 138 Å². The van der Waals surface area contributed by atoms with E-state index in [2.05, 4.69) is 8.85 Å². The first-order chi connectivity index (χ1) is 10.3. The van der Waals surface area contributed by atoms with Gasteiger partial charge in [-0.2, -0.15) is 36.9 Å². The second-order valence-electron chi connectivity index (χ2n) is 7.01. The quantitative estimate of drug-likeness (QED) is 0.516. The molecule has 12 heteroatoms. The molecule has 0 aromatic carbocycles. The van der Waals surface area contributed by atoms with Gasteiger partial charge in [0.05, 0.1) is 0 Å². The number of nitrogens with zero attached hydrogens (tertiary/aromatic N) is 2. The van der Waals surface area contributed by atoms with Gasteiger partial charge in [0.1, 0.15) is 12.1 Å². The Morgan fingerprint density at radius 2 is 0.833 bits per heavy atom. The van der Waals surface area contributed by atoms with E-state index in [0.717, 1.165) is 0 Å². The van der Waals surface area contributed by atoms with Crippen LogP contribution in [0.25, 0.3) is 0 Å². The molecule has 0 saturated carbocycles. The van der Waals surface area contributed by atoms with Crippen molar-refractivity contribution in [3.63, 3.8) is 0 Å². The van der Waals surface area contributed by atoms with Crippen molar-refractivity contribution in [2.75, 3.05) is 0 Å². The predicted molar refractivity (Wildman–Crippen MR) is 77.7 cm³/mol. The normalized spacial score (nSPS) is 18.9. The van der Waals surface area contributed by atoms with Crippen molar-refractivity contribution in [1.82, 2.24) is 0 Å². The third kappa shape index (κ3) is 4.30. The van der Waals surface area contributed by atoms with Crippen LogP contribution in [0.4, 0.5) is 26.3 Å². The van der Waals surface area contributed by atoms with E-state index in [1.165, 1.54) is 39.3 Å². The Kier molecular flexibility index (Phi) is 6.04. The Hall–Kier alpha value is -1.09. The number of rotatable bonds is 5.